The SMILES string of the molecule is COC(=O)c1cc(NC(=O)Cn2nnc3ccccc32)ccc1Cl. The molecule has 0 aliphatic rings. The molecule has 0 atom stereocenters. The molecule has 0 saturated carbocycles. The zero-order valence-electron chi connectivity index (χ0n) is 12.7. The molecule has 8 heteroatoms. The van der Waals surface area contributed by atoms with Crippen molar-refractivity contribution in [3.8, 4) is 0 Å². The third-order valence-electron chi connectivity index (χ3n) is 3.37. The third kappa shape index (κ3) is 3.21. The van der Waals surface area contributed by atoms with Crippen molar-refractivity contribution in [2.75, 3.05) is 12.4 Å². The van der Waals surface area contributed by atoms with Gasteiger partial charge < -0.3 is 10.1 Å². The van der Waals surface area contributed by atoms with Gasteiger partial charge in [0.15, 0.2) is 0 Å². The van der Waals surface area contributed by atoms with Crippen LogP contribution in [0.2, 0.25) is 5.02 Å². The molecular weight excluding hydrogens is 332 g/mol. The molecular formula is C16H13ClN4O3. The van der Waals surface area contributed by atoms with Gasteiger partial charge in [0, 0.05) is 5.69 Å². The fourth-order valence-corrected chi connectivity index (χ4v) is 2.43. The lowest BCUT2D eigenvalue weighted by Gasteiger charge is -2.08. The molecule has 0 spiro atoms. The molecule has 24 heavy (non-hydrogen) atoms. The van der Waals surface area contributed by atoms with Crippen molar-refractivity contribution in [2.24, 2.45) is 0 Å². The Morgan fingerprint density at radius 1 is 1.25 bits per heavy atom. The molecule has 1 N–H and O–H groups in total. The van der Waals surface area contributed by atoms with Crippen LogP contribution >= 0.6 is 11.6 Å². The van der Waals surface area contributed by atoms with Crippen LogP contribution in [-0.2, 0) is 16.1 Å². The fourth-order valence-electron chi connectivity index (χ4n) is 2.24. The van der Waals surface area contributed by atoms with Crippen LogP contribution in [0.15, 0.2) is 42.5 Å². The van der Waals surface area contributed by atoms with Gasteiger partial charge in [-0.05, 0) is 30.3 Å². The number of benzene rings is 2. The molecule has 0 fully saturated rings. The Bertz CT molecular complexity index is 923. The number of methoxy groups -OCH3 is 1. The van der Waals surface area contributed by atoms with Crippen LogP contribution in [0, 0.1) is 0 Å². The molecule has 7 nitrogen and oxygen atoms in total. The van der Waals surface area contributed by atoms with E-state index in [0.29, 0.717) is 11.2 Å². The van der Waals surface area contributed by atoms with Gasteiger partial charge in [-0.2, -0.15) is 0 Å². The first kappa shape index (κ1) is 15.9. The molecule has 0 aliphatic heterocycles. The van der Waals surface area contributed by atoms with Crippen molar-refractivity contribution in [2.45, 2.75) is 6.54 Å². The van der Waals surface area contributed by atoms with E-state index >= 15 is 0 Å². The van der Waals surface area contributed by atoms with E-state index in [4.69, 9.17) is 11.6 Å². The molecule has 1 heterocycles. The molecule has 1 amide bonds. The van der Waals surface area contributed by atoms with Crippen LogP contribution in [0.5, 0.6) is 0 Å². The zero-order valence-corrected chi connectivity index (χ0v) is 13.4. The van der Waals surface area contributed by atoms with Crippen molar-refractivity contribution < 1.29 is 14.3 Å². The molecule has 2 aromatic carbocycles. The van der Waals surface area contributed by atoms with Crippen LogP contribution in [0.25, 0.3) is 11.0 Å². The fraction of sp³-hybridized carbons (Fsp3) is 0.125. The second kappa shape index (κ2) is 6.67. The molecule has 0 bridgehead atoms. The standard InChI is InChI=1S/C16H13ClN4O3/c1-24-16(23)11-8-10(6-7-12(11)17)18-15(22)9-21-14-5-3-2-4-13(14)19-20-21/h2-8H,9H2,1H3,(H,18,22). The molecule has 1 aromatic heterocycles. The number of hydrogen-bond donors (Lipinski definition) is 1. The Labute approximate surface area is 142 Å². The molecule has 0 aliphatic carbocycles. The van der Waals surface area contributed by atoms with Crippen molar-refractivity contribution in [3.63, 3.8) is 0 Å². The highest BCUT2D eigenvalue weighted by Gasteiger charge is 2.13. The number of ether oxygens (including phenoxy) is 1. The predicted octanol–water partition coefficient (Wildman–Crippen LogP) is 2.51. The molecule has 0 unspecified atom stereocenters. The lowest BCUT2D eigenvalue weighted by atomic mass is 10.2. The van der Waals surface area contributed by atoms with E-state index in [1.165, 1.54) is 23.9 Å². The van der Waals surface area contributed by atoms with Gasteiger partial charge in [0.1, 0.15) is 12.1 Å². The number of esters is 1. The average molecular weight is 345 g/mol. The quantitative estimate of drug-likeness (QED) is 0.735. The van der Waals surface area contributed by atoms with Crippen LogP contribution in [0.4, 0.5) is 5.69 Å². The third-order valence-corrected chi connectivity index (χ3v) is 3.70. The highest BCUT2D eigenvalue weighted by atomic mass is 35.5. The van der Waals surface area contributed by atoms with Gasteiger partial charge in [-0.15, -0.1) is 5.10 Å². The summed E-state index contributed by atoms with van der Waals surface area (Å²) < 4.78 is 6.15. The molecule has 3 aromatic rings. The highest BCUT2D eigenvalue weighted by molar-refractivity contribution is 6.33. The Morgan fingerprint density at radius 3 is 2.83 bits per heavy atom. The Balaban J connectivity index is 1.76. The maximum Gasteiger partial charge on any atom is 0.339 e. The first-order valence-electron chi connectivity index (χ1n) is 7.04. The van der Waals surface area contributed by atoms with Gasteiger partial charge in [-0.1, -0.05) is 28.9 Å². The highest BCUT2D eigenvalue weighted by Crippen LogP contribution is 2.21. The number of nitrogens with one attached hydrogen (secondary N) is 1. The van der Waals surface area contributed by atoms with Crippen LogP contribution in [-0.4, -0.2) is 34.0 Å². The van der Waals surface area contributed by atoms with E-state index in [9.17, 15) is 9.59 Å². The molecule has 122 valence electrons. The van der Waals surface area contributed by atoms with E-state index in [1.54, 1.807) is 6.07 Å². The van der Waals surface area contributed by atoms with Crippen LogP contribution in [0.3, 0.4) is 0 Å². The van der Waals surface area contributed by atoms with Crippen LogP contribution in [0.1, 0.15) is 10.4 Å². The zero-order chi connectivity index (χ0) is 17.1. The Morgan fingerprint density at radius 2 is 2.04 bits per heavy atom. The lowest BCUT2D eigenvalue weighted by Crippen LogP contribution is -2.19. The van der Waals surface area contributed by atoms with Gasteiger partial charge in [0.2, 0.25) is 5.91 Å². The summed E-state index contributed by atoms with van der Waals surface area (Å²) in [5.41, 5.74) is 2.10. The summed E-state index contributed by atoms with van der Waals surface area (Å²) >= 11 is 5.95. The summed E-state index contributed by atoms with van der Waals surface area (Å²) in [6.07, 6.45) is 0. The first-order chi connectivity index (χ1) is 11.6. The number of nitrogens with zero attached hydrogens (tertiary/aromatic N) is 3. The number of amides is 1. The maximum atomic E-state index is 12.2. The van der Waals surface area contributed by atoms with Crippen molar-refractivity contribution >= 4 is 40.2 Å². The number of aromatic nitrogens is 3. The number of hydrogen-bond acceptors (Lipinski definition) is 5. The summed E-state index contributed by atoms with van der Waals surface area (Å²) in [5, 5.41) is 10.9. The van der Waals surface area contributed by atoms with Crippen molar-refractivity contribution in [1.82, 2.24) is 15.0 Å². The smallest absolute Gasteiger partial charge is 0.339 e. The number of halogens is 1. The minimum Gasteiger partial charge on any atom is -0.465 e. The number of anilines is 1. The minimum atomic E-state index is -0.571. The lowest BCUT2D eigenvalue weighted by molar-refractivity contribution is -0.116. The maximum absolute atomic E-state index is 12.2. The van der Waals surface area contributed by atoms with E-state index in [-0.39, 0.29) is 23.0 Å². The topological polar surface area (TPSA) is 86.1 Å². The second-order valence-electron chi connectivity index (χ2n) is 4.97. The number of rotatable bonds is 4. The van der Waals surface area contributed by atoms with Gasteiger partial charge in [0.25, 0.3) is 0 Å². The molecule has 0 radical (unpaired) electrons. The van der Waals surface area contributed by atoms with Gasteiger partial charge in [-0.3, -0.25) is 4.79 Å². The van der Waals surface area contributed by atoms with E-state index in [1.807, 2.05) is 24.3 Å². The van der Waals surface area contributed by atoms with Crippen molar-refractivity contribution in [1.29, 1.82) is 0 Å². The number of para-hydroxylation sites is 1. The Kier molecular flexibility index (Phi) is 4.43. The molecule has 3 rings (SSSR count). The summed E-state index contributed by atoms with van der Waals surface area (Å²) in [7, 11) is 1.26. The number of fused-ring (bicyclic) bond motifs is 1. The normalized spacial score (nSPS) is 10.6. The average Bonchev–Trinajstić information content (AvgIpc) is 2.99. The van der Waals surface area contributed by atoms with Crippen LogP contribution < -0.4 is 5.32 Å². The summed E-state index contributed by atoms with van der Waals surface area (Å²) in [4.78, 5) is 23.8. The number of carbonyl (C=O) groups excluding carboxylic acids is 2. The van der Waals surface area contributed by atoms with Gasteiger partial charge >= 0.3 is 5.97 Å². The van der Waals surface area contributed by atoms with Gasteiger partial charge in [0.05, 0.1) is 23.2 Å². The summed E-state index contributed by atoms with van der Waals surface area (Å²) in [5.74, 6) is -0.873. The Hall–Kier alpha value is -2.93. The minimum absolute atomic E-state index is 0.00328. The van der Waals surface area contributed by atoms with E-state index < -0.39 is 5.97 Å². The largest absolute Gasteiger partial charge is 0.465 e. The summed E-state index contributed by atoms with van der Waals surface area (Å²) in [6.45, 7) is -0.00328. The monoisotopic (exact) mass is 344 g/mol. The second-order valence-corrected chi connectivity index (χ2v) is 5.38. The first-order valence-corrected chi connectivity index (χ1v) is 7.42. The van der Waals surface area contributed by atoms with Gasteiger partial charge in [-0.25, -0.2) is 9.48 Å². The van der Waals surface area contributed by atoms with E-state index in [2.05, 4.69) is 20.4 Å². The number of carbonyl (C=O) groups is 2. The molecule has 0 saturated heterocycles. The summed E-state index contributed by atoms with van der Waals surface area (Å²) in [6, 6.07) is 11.9. The van der Waals surface area contributed by atoms with Crippen molar-refractivity contribution in [3.05, 3.63) is 53.1 Å². The predicted molar refractivity (Wildman–Crippen MR) is 88.9 cm³/mol. The van der Waals surface area contributed by atoms with E-state index in [0.717, 1.165) is 5.52 Å².